The van der Waals surface area contributed by atoms with Crippen LogP contribution in [0.3, 0.4) is 0 Å². The van der Waals surface area contributed by atoms with Gasteiger partial charge in [-0.05, 0) is 30.2 Å². The Hall–Kier alpha value is -0.860. The van der Waals surface area contributed by atoms with E-state index in [-0.39, 0.29) is 5.41 Å². The van der Waals surface area contributed by atoms with Crippen molar-refractivity contribution in [3.8, 4) is 0 Å². The molecule has 2 heteroatoms. The van der Waals surface area contributed by atoms with Gasteiger partial charge in [-0.25, -0.2) is 0 Å². The van der Waals surface area contributed by atoms with E-state index in [1.807, 2.05) is 0 Å². The van der Waals surface area contributed by atoms with Crippen molar-refractivity contribution >= 4 is 0 Å². The van der Waals surface area contributed by atoms with E-state index >= 15 is 0 Å². The first-order valence-corrected chi connectivity index (χ1v) is 6.18. The zero-order valence-corrected chi connectivity index (χ0v) is 9.56. The molecule has 16 heavy (non-hydrogen) atoms. The highest BCUT2D eigenvalue weighted by atomic mass is 16.5. The maximum absolute atomic E-state index is 5.97. The van der Waals surface area contributed by atoms with Crippen LogP contribution in [0.2, 0.25) is 0 Å². The van der Waals surface area contributed by atoms with E-state index < -0.39 is 0 Å². The smallest absolute Gasteiger partial charge is 0.0538 e. The van der Waals surface area contributed by atoms with Gasteiger partial charge in [-0.15, -0.1) is 0 Å². The highest BCUT2D eigenvalue weighted by Crippen LogP contribution is 2.59. The third kappa shape index (κ3) is 1.57. The largest absolute Gasteiger partial charge is 0.381 e. The summed E-state index contributed by atoms with van der Waals surface area (Å²) in [6, 6.07) is 10.8. The topological polar surface area (TPSA) is 35.2 Å². The van der Waals surface area contributed by atoms with Crippen molar-refractivity contribution < 1.29 is 4.74 Å². The molecule has 1 saturated heterocycles. The molecule has 1 aromatic rings. The maximum atomic E-state index is 5.97. The van der Waals surface area contributed by atoms with Crippen LogP contribution in [-0.2, 0) is 4.74 Å². The second-order valence-corrected chi connectivity index (χ2v) is 5.23. The fraction of sp³-hybridized carbons (Fsp3) is 0.571. The zero-order valence-electron chi connectivity index (χ0n) is 9.56. The first-order valence-electron chi connectivity index (χ1n) is 6.18. The molecule has 1 aliphatic heterocycles. The third-order valence-corrected chi connectivity index (χ3v) is 4.35. The number of rotatable bonds is 3. The minimum absolute atomic E-state index is 0.278. The number of hydrogen-bond donors (Lipinski definition) is 1. The molecule has 2 aliphatic rings. The molecule has 3 rings (SSSR count). The number of ether oxygens (including phenoxy) is 1. The van der Waals surface area contributed by atoms with Gasteiger partial charge in [0.25, 0.3) is 0 Å². The summed E-state index contributed by atoms with van der Waals surface area (Å²) in [5, 5.41) is 0. The predicted octanol–water partition coefficient (Wildman–Crippen LogP) is 2.16. The molecule has 2 fully saturated rings. The zero-order chi connectivity index (χ0) is 11.0. The summed E-state index contributed by atoms with van der Waals surface area (Å²) in [6.07, 6.45) is 2.45. The van der Waals surface area contributed by atoms with Gasteiger partial charge in [-0.3, -0.25) is 0 Å². The van der Waals surface area contributed by atoms with Crippen LogP contribution in [0, 0.1) is 11.3 Å². The lowest BCUT2D eigenvalue weighted by Gasteiger charge is -2.25. The van der Waals surface area contributed by atoms with E-state index in [0.717, 1.165) is 38.0 Å². The van der Waals surface area contributed by atoms with E-state index in [1.54, 1.807) is 0 Å². The standard InChI is InChI=1S/C14H19NO/c15-9-14(6-7-16-10-14)13-8-12(13)11-4-2-1-3-5-11/h1-5,12-13H,6-10,15H2. The van der Waals surface area contributed by atoms with Crippen LogP contribution in [0.1, 0.15) is 24.3 Å². The molecule has 0 aromatic heterocycles. The average Bonchev–Trinajstić information content (AvgIpc) is 3.02. The lowest BCUT2D eigenvalue weighted by molar-refractivity contribution is 0.141. The van der Waals surface area contributed by atoms with Gasteiger partial charge >= 0.3 is 0 Å². The molecule has 1 aliphatic carbocycles. The molecule has 0 spiro atoms. The monoisotopic (exact) mass is 217 g/mol. The molecule has 86 valence electrons. The summed E-state index contributed by atoms with van der Waals surface area (Å²) < 4.78 is 5.56. The van der Waals surface area contributed by atoms with Crippen molar-refractivity contribution in [3.63, 3.8) is 0 Å². The Morgan fingerprint density at radius 3 is 2.75 bits per heavy atom. The van der Waals surface area contributed by atoms with Crippen LogP contribution in [-0.4, -0.2) is 19.8 Å². The van der Waals surface area contributed by atoms with E-state index in [0.29, 0.717) is 0 Å². The Balaban J connectivity index is 1.76. The summed E-state index contributed by atoms with van der Waals surface area (Å²) in [6.45, 7) is 2.55. The first-order chi connectivity index (χ1) is 7.86. The van der Waals surface area contributed by atoms with Crippen molar-refractivity contribution in [2.24, 2.45) is 17.1 Å². The van der Waals surface area contributed by atoms with Crippen molar-refractivity contribution in [1.82, 2.24) is 0 Å². The fourth-order valence-corrected chi connectivity index (χ4v) is 3.17. The normalized spacial score (nSPS) is 37.6. The lowest BCUT2D eigenvalue weighted by Crippen LogP contribution is -2.33. The van der Waals surface area contributed by atoms with Crippen LogP contribution >= 0.6 is 0 Å². The van der Waals surface area contributed by atoms with E-state index in [2.05, 4.69) is 30.3 Å². The van der Waals surface area contributed by atoms with Crippen LogP contribution in [0.15, 0.2) is 30.3 Å². The lowest BCUT2D eigenvalue weighted by atomic mass is 9.80. The molecule has 3 unspecified atom stereocenters. The van der Waals surface area contributed by atoms with Gasteiger partial charge in [0.1, 0.15) is 0 Å². The molecule has 1 aromatic carbocycles. The minimum atomic E-state index is 0.278. The van der Waals surface area contributed by atoms with Gasteiger partial charge in [0.05, 0.1) is 6.61 Å². The summed E-state index contributed by atoms with van der Waals surface area (Å²) >= 11 is 0. The summed E-state index contributed by atoms with van der Waals surface area (Å²) in [4.78, 5) is 0. The number of hydrogen-bond acceptors (Lipinski definition) is 2. The maximum Gasteiger partial charge on any atom is 0.0538 e. The molecule has 0 bridgehead atoms. The van der Waals surface area contributed by atoms with Gasteiger partial charge in [0.15, 0.2) is 0 Å². The molecule has 1 heterocycles. The second kappa shape index (κ2) is 3.86. The van der Waals surface area contributed by atoms with Gasteiger partial charge < -0.3 is 10.5 Å². The third-order valence-electron chi connectivity index (χ3n) is 4.35. The first kappa shape index (κ1) is 10.3. The van der Waals surface area contributed by atoms with Crippen molar-refractivity contribution in [2.45, 2.75) is 18.8 Å². The van der Waals surface area contributed by atoms with Crippen molar-refractivity contribution in [3.05, 3.63) is 35.9 Å². The van der Waals surface area contributed by atoms with Crippen molar-refractivity contribution in [2.75, 3.05) is 19.8 Å². The predicted molar refractivity (Wildman–Crippen MR) is 64.2 cm³/mol. The van der Waals surface area contributed by atoms with Gasteiger partial charge in [0.2, 0.25) is 0 Å². The van der Waals surface area contributed by atoms with E-state index in [4.69, 9.17) is 10.5 Å². The molecule has 3 atom stereocenters. The Morgan fingerprint density at radius 1 is 1.31 bits per heavy atom. The SMILES string of the molecule is NCC1(C2CC2c2ccccc2)CCOC1. The molecule has 0 amide bonds. The van der Waals surface area contributed by atoms with Gasteiger partial charge in [0, 0.05) is 18.6 Å². The minimum Gasteiger partial charge on any atom is -0.381 e. The Bertz CT molecular complexity index is 356. The average molecular weight is 217 g/mol. The van der Waals surface area contributed by atoms with E-state index in [1.165, 1.54) is 12.0 Å². The Kier molecular flexibility index (Phi) is 2.49. The molecule has 1 saturated carbocycles. The Labute approximate surface area is 96.8 Å². The Morgan fingerprint density at radius 2 is 2.12 bits per heavy atom. The van der Waals surface area contributed by atoms with Crippen LogP contribution in [0.25, 0.3) is 0 Å². The van der Waals surface area contributed by atoms with Gasteiger partial charge in [-0.2, -0.15) is 0 Å². The molecular weight excluding hydrogens is 198 g/mol. The highest BCUT2D eigenvalue weighted by Gasteiger charge is 2.53. The van der Waals surface area contributed by atoms with Crippen molar-refractivity contribution in [1.29, 1.82) is 0 Å². The molecule has 0 radical (unpaired) electrons. The van der Waals surface area contributed by atoms with Gasteiger partial charge in [-0.1, -0.05) is 30.3 Å². The quantitative estimate of drug-likeness (QED) is 0.842. The summed E-state index contributed by atoms with van der Waals surface area (Å²) in [5.41, 5.74) is 7.73. The highest BCUT2D eigenvalue weighted by molar-refractivity contribution is 5.27. The molecular formula is C14H19NO. The van der Waals surface area contributed by atoms with Crippen LogP contribution in [0.4, 0.5) is 0 Å². The second-order valence-electron chi connectivity index (χ2n) is 5.23. The van der Waals surface area contributed by atoms with Crippen LogP contribution < -0.4 is 5.73 Å². The number of benzene rings is 1. The molecule has 2 nitrogen and oxygen atoms in total. The summed E-state index contributed by atoms with van der Waals surface area (Å²) in [7, 11) is 0. The van der Waals surface area contributed by atoms with Crippen LogP contribution in [0.5, 0.6) is 0 Å². The fourth-order valence-electron chi connectivity index (χ4n) is 3.17. The summed E-state index contributed by atoms with van der Waals surface area (Å²) in [5.74, 6) is 1.48. The molecule has 2 N–H and O–H groups in total. The van der Waals surface area contributed by atoms with E-state index in [9.17, 15) is 0 Å². The number of nitrogens with two attached hydrogens (primary N) is 1.